The van der Waals surface area contributed by atoms with Crippen LogP contribution in [0.3, 0.4) is 0 Å². The lowest BCUT2D eigenvalue weighted by molar-refractivity contribution is 0.0350. The molecule has 0 atom stereocenters. The fourth-order valence-electron chi connectivity index (χ4n) is 2.17. The van der Waals surface area contributed by atoms with E-state index in [1.54, 1.807) is 6.33 Å². The lowest BCUT2D eigenvalue weighted by atomic mass is 9.94. The maximum absolute atomic E-state index is 9.92. The van der Waals surface area contributed by atoms with Gasteiger partial charge in [0, 0.05) is 24.8 Å². The second kappa shape index (κ2) is 5.00. The Labute approximate surface area is 103 Å². The van der Waals surface area contributed by atoms with E-state index < -0.39 is 5.60 Å². The molecule has 2 rings (SSSR count). The van der Waals surface area contributed by atoms with Crippen LogP contribution >= 0.6 is 0 Å². The van der Waals surface area contributed by atoms with Crippen LogP contribution in [0.15, 0.2) is 12.4 Å². The lowest BCUT2D eigenvalue weighted by Crippen LogP contribution is -2.42. The van der Waals surface area contributed by atoms with E-state index in [9.17, 15) is 5.11 Å². The van der Waals surface area contributed by atoms with Crippen molar-refractivity contribution in [3.8, 4) is 0 Å². The molecule has 1 N–H and O–H groups in total. The smallest absolute Gasteiger partial charge is 0.132 e. The van der Waals surface area contributed by atoms with Gasteiger partial charge >= 0.3 is 0 Å². The Bertz CT molecular complexity index is 369. The fraction of sp³-hybridized carbons (Fsp3) is 0.692. The highest BCUT2D eigenvalue weighted by atomic mass is 16.3. The van der Waals surface area contributed by atoms with E-state index in [1.807, 2.05) is 6.92 Å². The molecule has 1 fully saturated rings. The summed E-state index contributed by atoms with van der Waals surface area (Å²) in [5.41, 5.74) is 0.602. The third-order valence-corrected chi connectivity index (χ3v) is 3.38. The van der Waals surface area contributed by atoms with E-state index in [1.165, 1.54) is 0 Å². The molecule has 0 bridgehead atoms. The van der Waals surface area contributed by atoms with Crippen molar-refractivity contribution in [1.82, 2.24) is 9.97 Å². The number of anilines is 1. The average Bonchev–Trinajstić information content (AvgIpc) is 2.30. The van der Waals surface area contributed by atoms with Crippen LogP contribution in [0.25, 0.3) is 0 Å². The van der Waals surface area contributed by atoms with E-state index in [0.29, 0.717) is 0 Å². The highest BCUT2D eigenvalue weighted by Gasteiger charge is 2.27. The zero-order valence-electron chi connectivity index (χ0n) is 10.7. The first-order valence-electron chi connectivity index (χ1n) is 6.39. The number of nitrogens with zero attached hydrogens (tertiary/aromatic N) is 3. The third kappa shape index (κ3) is 3.16. The lowest BCUT2D eigenvalue weighted by Gasteiger charge is -2.36. The molecule has 94 valence electrons. The van der Waals surface area contributed by atoms with Crippen LogP contribution in [-0.4, -0.2) is 33.8 Å². The molecule has 0 radical (unpaired) electrons. The maximum atomic E-state index is 9.92. The van der Waals surface area contributed by atoms with E-state index in [4.69, 9.17) is 0 Å². The molecule has 0 aromatic carbocycles. The first kappa shape index (κ1) is 12.3. The summed E-state index contributed by atoms with van der Waals surface area (Å²) in [6.45, 7) is 5.80. The van der Waals surface area contributed by atoms with Gasteiger partial charge in [0.25, 0.3) is 0 Å². The monoisotopic (exact) mass is 235 g/mol. The van der Waals surface area contributed by atoms with E-state index in [0.717, 1.165) is 50.3 Å². The Kier molecular flexibility index (Phi) is 3.62. The predicted octanol–water partition coefficient (Wildman–Crippen LogP) is 1.78. The van der Waals surface area contributed by atoms with Crippen LogP contribution in [0.4, 0.5) is 5.82 Å². The molecular weight excluding hydrogens is 214 g/mol. The summed E-state index contributed by atoms with van der Waals surface area (Å²) in [7, 11) is 0. The zero-order chi connectivity index (χ0) is 12.3. The Morgan fingerprint density at radius 1 is 1.35 bits per heavy atom. The highest BCUT2D eigenvalue weighted by Crippen LogP contribution is 2.24. The third-order valence-electron chi connectivity index (χ3n) is 3.38. The Morgan fingerprint density at radius 3 is 2.71 bits per heavy atom. The second-order valence-corrected chi connectivity index (χ2v) is 5.10. The molecule has 0 aliphatic carbocycles. The minimum atomic E-state index is -0.504. The highest BCUT2D eigenvalue weighted by molar-refractivity contribution is 5.39. The van der Waals surface area contributed by atoms with Crippen LogP contribution in [0.1, 0.15) is 38.8 Å². The fourth-order valence-corrected chi connectivity index (χ4v) is 2.17. The summed E-state index contributed by atoms with van der Waals surface area (Å²) in [5.74, 6) is 0.999. The van der Waals surface area contributed by atoms with Crippen molar-refractivity contribution in [2.24, 2.45) is 0 Å². The number of rotatable bonds is 3. The number of piperidine rings is 1. The number of aryl methyl sites for hydroxylation is 1. The van der Waals surface area contributed by atoms with Gasteiger partial charge in [0.2, 0.25) is 0 Å². The number of hydrogen-bond acceptors (Lipinski definition) is 4. The molecule has 1 aliphatic heterocycles. The average molecular weight is 235 g/mol. The van der Waals surface area contributed by atoms with Crippen LogP contribution in [0.2, 0.25) is 0 Å². The molecule has 0 amide bonds. The summed E-state index contributed by atoms with van der Waals surface area (Å²) < 4.78 is 0. The van der Waals surface area contributed by atoms with Gasteiger partial charge in [-0.15, -0.1) is 0 Å². The SMILES string of the molecule is CCCc1cc(N2CCC(C)(O)CC2)ncn1. The molecule has 1 aliphatic rings. The topological polar surface area (TPSA) is 49.2 Å². The van der Waals surface area contributed by atoms with Gasteiger partial charge in [-0.2, -0.15) is 0 Å². The van der Waals surface area contributed by atoms with E-state index >= 15 is 0 Å². The molecule has 0 unspecified atom stereocenters. The van der Waals surface area contributed by atoms with Crippen molar-refractivity contribution in [3.05, 3.63) is 18.1 Å². The Balaban J connectivity index is 2.05. The van der Waals surface area contributed by atoms with Crippen molar-refractivity contribution in [1.29, 1.82) is 0 Å². The molecule has 1 aromatic rings. The van der Waals surface area contributed by atoms with E-state index in [-0.39, 0.29) is 0 Å². The quantitative estimate of drug-likeness (QED) is 0.867. The summed E-state index contributed by atoms with van der Waals surface area (Å²) >= 11 is 0. The molecule has 1 aromatic heterocycles. The maximum Gasteiger partial charge on any atom is 0.132 e. The molecule has 1 saturated heterocycles. The number of aliphatic hydroxyl groups is 1. The molecule has 4 heteroatoms. The largest absolute Gasteiger partial charge is 0.390 e. The molecule has 17 heavy (non-hydrogen) atoms. The first-order chi connectivity index (χ1) is 8.11. The molecule has 0 spiro atoms. The molecule has 2 heterocycles. The van der Waals surface area contributed by atoms with E-state index in [2.05, 4.69) is 27.9 Å². The first-order valence-corrected chi connectivity index (χ1v) is 6.39. The van der Waals surface area contributed by atoms with Crippen molar-refractivity contribution in [2.75, 3.05) is 18.0 Å². The summed E-state index contributed by atoms with van der Waals surface area (Å²) in [6.07, 6.45) is 5.36. The Morgan fingerprint density at radius 2 is 2.06 bits per heavy atom. The van der Waals surface area contributed by atoms with Gasteiger partial charge in [-0.05, 0) is 26.2 Å². The van der Waals surface area contributed by atoms with Crippen molar-refractivity contribution in [2.45, 2.75) is 45.1 Å². The van der Waals surface area contributed by atoms with Gasteiger partial charge in [0.15, 0.2) is 0 Å². The van der Waals surface area contributed by atoms with Crippen molar-refractivity contribution < 1.29 is 5.11 Å². The summed E-state index contributed by atoms with van der Waals surface area (Å²) in [6, 6.07) is 2.07. The Hall–Kier alpha value is -1.16. The minimum Gasteiger partial charge on any atom is -0.390 e. The number of hydrogen-bond donors (Lipinski definition) is 1. The van der Waals surface area contributed by atoms with Crippen molar-refractivity contribution in [3.63, 3.8) is 0 Å². The van der Waals surface area contributed by atoms with Crippen molar-refractivity contribution >= 4 is 5.82 Å². The van der Waals surface area contributed by atoms with Gasteiger partial charge in [-0.25, -0.2) is 9.97 Å². The van der Waals surface area contributed by atoms with Gasteiger partial charge in [-0.1, -0.05) is 13.3 Å². The van der Waals surface area contributed by atoms with Crippen LogP contribution in [0.5, 0.6) is 0 Å². The van der Waals surface area contributed by atoms with Gasteiger partial charge < -0.3 is 10.0 Å². The summed E-state index contributed by atoms with van der Waals surface area (Å²) in [5, 5.41) is 9.92. The van der Waals surface area contributed by atoms with Gasteiger partial charge in [0.05, 0.1) is 5.60 Å². The zero-order valence-corrected chi connectivity index (χ0v) is 10.7. The molecule has 4 nitrogen and oxygen atoms in total. The van der Waals surface area contributed by atoms with Gasteiger partial charge in [-0.3, -0.25) is 0 Å². The predicted molar refractivity (Wildman–Crippen MR) is 68.1 cm³/mol. The van der Waals surface area contributed by atoms with Crippen LogP contribution in [0, 0.1) is 0 Å². The summed E-state index contributed by atoms with van der Waals surface area (Å²) in [4.78, 5) is 10.8. The second-order valence-electron chi connectivity index (χ2n) is 5.10. The molecular formula is C13H21N3O. The van der Waals surface area contributed by atoms with Crippen LogP contribution < -0.4 is 4.90 Å². The molecule has 0 saturated carbocycles. The normalized spacial score (nSPS) is 19.4. The van der Waals surface area contributed by atoms with Gasteiger partial charge in [0.1, 0.15) is 12.1 Å². The van der Waals surface area contributed by atoms with Crippen LogP contribution in [-0.2, 0) is 6.42 Å². The number of aromatic nitrogens is 2. The standard InChI is InChI=1S/C13H21N3O/c1-3-4-11-9-12(15-10-14-11)16-7-5-13(2,17)6-8-16/h9-10,17H,3-8H2,1-2H3. The minimum absolute atomic E-state index is 0.504.